The molecule has 0 unspecified atom stereocenters. The van der Waals surface area contributed by atoms with Crippen LogP contribution in [0.5, 0.6) is 0 Å². The van der Waals surface area contributed by atoms with Gasteiger partial charge in [-0.3, -0.25) is 0 Å². The summed E-state index contributed by atoms with van der Waals surface area (Å²) in [7, 11) is 0. The summed E-state index contributed by atoms with van der Waals surface area (Å²) in [4.78, 5) is 4.73. The molecule has 2 aromatic heterocycles. The number of para-hydroxylation sites is 5. The molecule has 0 spiro atoms. The van der Waals surface area contributed by atoms with Crippen molar-refractivity contribution < 1.29 is 4.42 Å². The van der Waals surface area contributed by atoms with Gasteiger partial charge in [0.25, 0.3) is 0 Å². The minimum Gasteiger partial charge on any atom is -0.456 e. The van der Waals surface area contributed by atoms with Crippen LogP contribution in [-0.2, 0) is 0 Å². The molecule has 0 aliphatic carbocycles. The summed E-state index contributed by atoms with van der Waals surface area (Å²) in [5.74, 6) is 0. The van der Waals surface area contributed by atoms with Gasteiger partial charge in [-0.2, -0.15) is 0 Å². The molecule has 4 nitrogen and oxygen atoms in total. The molecule has 0 fully saturated rings. The lowest BCUT2D eigenvalue weighted by Crippen LogP contribution is -2.13. The van der Waals surface area contributed by atoms with Crippen LogP contribution in [0.2, 0.25) is 0 Å². The minimum atomic E-state index is 0.871. The smallest absolute Gasteiger partial charge is 0.138 e. The van der Waals surface area contributed by atoms with Crippen LogP contribution >= 0.6 is 0 Å². The van der Waals surface area contributed by atoms with Gasteiger partial charge in [0.1, 0.15) is 11.2 Å². The van der Waals surface area contributed by atoms with Gasteiger partial charge in [-0.05, 0) is 96.4 Å². The highest BCUT2D eigenvalue weighted by Gasteiger charge is 2.23. The molecule has 0 saturated heterocycles. The number of fused-ring (bicyclic) bond motifs is 7. The summed E-state index contributed by atoms with van der Waals surface area (Å²) in [5, 5.41) is 6.95. The van der Waals surface area contributed by atoms with E-state index in [0.717, 1.165) is 78.0 Å². The monoisotopic (exact) mass is 717 g/mol. The van der Waals surface area contributed by atoms with Gasteiger partial charge >= 0.3 is 0 Å². The van der Waals surface area contributed by atoms with E-state index >= 15 is 0 Å². The Labute approximate surface area is 324 Å². The normalized spacial score (nSPS) is 11.6. The number of nitrogens with zero attached hydrogens (tertiary/aromatic N) is 3. The summed E-state index contributed by atoms with van der Waals surface area (Å²) in [5.41, 5.74) is 11.7. The van der Waals surface area contributed by atoms with Gasteiger partial charge < -0.3 is 18.8 Å². The predicted molar refractivity (Wildman–Crippen MR) is 235 cm³/mol. The lowest BCUT2D eigenvalue weighted by atomic mass is 10.0. The quantitative estimate of drug-likeness (QED) is 0.164. The van der Waals surface area contributed by atoms with E-state index in [2.05, 4.69) is 221 Å². The number of rotatable bonds is 7. The van der Waals surface area contributed by atoms with E-state index in [1.165, 1.54) is 16.3 Å². The molecular weight excluding hydrogens is 683 g/mol. The van der Waals surface area contributed by atoms with Gasteiger partial charge in [-0.15, -0.1) is 0 Å². The van der Waals surface area contributed by atoms with Crippen molar-refractivity contribution in [3.05, 3.63) is 212 Å². The van der Waals surface area contributed by atoms with Crippen molar-refractivity contribution in [2.45, 2.75) is 0 Å². The van der Waals surface area contributed by atoms with Crippen LogP contribution in [0.1, 0.15) is 0 Å². The fraction of sp³-hybridized carbons (Fsp3) is 0. The second-order valence-electron chi connectivity index (χ2n) is 14.2. The summed E-state index contributed by atoms with van der Waals surface area (Å²) >= 11 is 0. The van der Waals surface area contributed by atoms with Crippen molar-refractivity contribution in [2.75, 3.05) is 9.80 Å². The largest absolute Gasteiger partial charge is 0.456 e. The van der Waals surface area contributed by atoms with E-state index in [1.807, 2.05) is 6.07 Å². The molecular formula is C52H35N3O. The number of benzene rings is 9. The summed E-state index contributed by atoms with van der Waals surface area (Å²) in [6.07, 6.45) is 0. The Kier molecular flexibility index (Phi) is 7.46. The van der Waals surface area contributed by atoms with Crippen LogP contribution in [0.3, 0.4) is 0 Å². The van der Waals surface area contributed by atoms with Gasteiger partial charge in [-0.1, -0.05) is 121 Å². The molecule has 4 heteroatoms. The molecule has 11 aromatic rings. The van der Waals surface area contributed by atoms with E-state index in [1.54, 1.807) is 0 Å². The Bertz CT molecular complexity index is 3180. The Morgan fingerprint density at radius 3 is 1.59 bits per heavy atom. The average Bonchev–Trinajstić information content (AvgIpc) is 3.80. The van der Waals surface area contributed by atoms with Gasteiger partial charge in [0, 0.05) is 55.7 Å². The highest BCUT2D eigenvalue weighted by atomic mass is 16.3. The van der Waals surface area contributed by atoms with Crippen molar-refractivity contribution in [3.8, 4) is 5.69 Å². The molecule has 0 radical (unpaired) electrons. The lowest BCUT2D eigenvalue weighted by molar-refractivity contribution is 0.669. The standard InChI is InChI=1S/C52H35N3O/c1-4-17-37(18-5-1)53(42-32-33-45-44-24-12-14-26-47(44)55(48(45)35-42)39-21-8-3-9-22-39)40-28-30-41(31-29-40)54(38-19-6-2-7-20-38)52-43-23-11-10-16-36(43)34-50-51(52)46-25-13-15-27-49(46)56-50/h1-35H. The second-order valence-corrected chi connectivity index (χ2v) is 14.2. The third-order valence-corrected chi connectivity index (χ3v) is 10.9. The van der Waals surface area contributed by atoms with Crippen molar-refractivity contribution in [2.24, 2.45) is 0 Å². The van der Waals surface area contributed by atoms with E-state index < -0.39 is 0 Å². The van der Waals surface area contributed by atoms with Crippen LogP contribution in [0.25, 0.3) is 60.2 Å². The molecule has 0 bridgehead atoms. The maximum Gasteiger partial charge on any atom is 0.138 e. The first-order valence-corrected chi connectivity index (χ1v) is 19.0. The zero-order chi connectivity index (χ0) is 37.0. The maximum atomic E-state index is 6.52. The average molecular weight is 718 g/mol. The Morgan fingerprint density at radius 1 is 0.339 bits per heavy atom. The molecule has 0 amide bonds. The Balaban J connectivity index is 1.11. The topological polar surface area (TPSA) is 24.6 Å². The summed E-state index contributed by atoms with van der Waals surface area (Å²) in [6.45, 7) is 0. The maximum absolute atomic E-state index is 6.52. The van der Waals surface area contributed by atoms with E-state index in [4.69, 9.17) is 4.42 Å². The summed E-state index contributed by atoms with van der Waals surface area (Å²) < 4.78 is 8.90. The number of aromatic nitrogens is 1. The minimum absolute atomic E-state index is 0.871. The first-order valence-electron chi connectivity index (χ1n) is 19.0. The third kappa shape index (κ3) is 5.15. The Morgan fingerprint density at radius 2 is 0.857 bits per heavy atom. The van der Waals surface area contributed by atoms with Crippen LogP contribution < -0.4 is 9.80 Å². The molecule has 9 aromatic carbocycles. The number of hydrogen-bond acceptors (Lipinski definition) is 3. The van der Waals surface area contributed by atoms with Crippen molar-refractivity contribution in [1.82, 2.24) is 4.57 Å². The first kappa shape index (κ1) is 31.9. The number of anilines is 6. The SMILES string of the molecule is c1ccc(N(c2ccc(N(c3ccccc3)c3c4ccccc4cc4oc5ccccc5c34)cc2)c2ccc3c4ccccc4n(-c4ccccc4)c3c2)cc1. The van der Waals surface area contributed by atoms with Crippen molar-refractivity contribution >= 4 is 88.6 Å². The molecule has 2 heterocycles. The number of furan rings is 1. The highest BCUT2D eigenvalue weighted by molar-refractivity contribution is 6.21. The molecule has 11 rings (SSSR count). The fourth-order valence-corrected chi connectivity index (χ4v) is 8.47. The Hall–Kier alpha value is -7.56. The van der Waals surface area contributed by atoms with Crippen LogP contribution in [0.4, 0.5) is 34.1 Å². The first-order chi connectivity index (χ1) is 27.8. The molecule has 0 N–H and O–H groups in total. The van der Waals surface area contributed by atoms with E-state index in [9.17, 15) is 0 Å². The fourth-order valence-electron chi connectivity index (χ4n) is 8.47. The van der Waals surface area contributed by atoms with Crippen molar-refractivity contribution in [3.63, 3.8) is 0 Å². The van der Waals surface area contributed by atoms with Crippen molar-refractivity contribution in [1.29, 1.82) is 0 Å². The van der Waals surface area contributed by atoms with Crippen LogP contribution in [0, 0.1) is 0 Å². The van der Waals surface area contributed by atoms with Gasteiger partial charge in [0.05, 0.1) is 22.1 Å². The van der Waals surface area contributed by atoms with Gasteiger partial charge in [0.2, 0.25) is 0 Å². The van der Waals surface area contributed by atoms with E-state index in [-0.39, 0.29) is 0 Å². The molecule has 0 saturated carbocycles. The lowest BCUT2D eigenvalue weighted by Gasteiger charge is -2.29. The van der Waals surface area contributed by atoms with Crippen LogP contribution in [0.15, 0.2) is 217 Å². The molecule has 0 aliphatic rings. The molecule has 264 valence electrons. The predicted octanol–water partition coefficient (Wildman–Crippen LogP) is 14.8. The second kappa shape index (κ2) is 13.1. The molecule has 56 heavy (non-hydrogen) atoms. The van der Waals surface area contributed by atoms with E-state index in [0.29, 0.717) is 0 Å². The molecule has 0 atom stereocenters. The van der Waals surface area contributed by atoms with Crippen LogP contribution in [-0.4, -0.2) is 4.57 Å². The number of hydrogen-bond donors (Lipinski definition) is 0. The molecule has 0 aliphatic heterocycles. The zero-order valence-electron chi connectivity index (χ0n) is 30.5. The summed E-state index contributed by atoms with van der Waals surface area (Å²) in [6, 6.07) is 75.6. The zero-order valence-corrected chi connectivity index (χ0v) is 30.5. The highest BCUT2D eigenvalue weighted by Crippen LogP contribution is 2.48. The van der Waals surface area contributed by atoms with Gasteiger partial charge in [0.15, 0.2) is 0 Å². The van der Waals surface area contributed by atoms with Gasteiger partial charge in [-0.25, -0.2) is 0 Å². The third-order valence-electron chi connectivity index (χ3n) is 10.9.